The number of fused-ring (bicyclic) bond motifs is 1. The molecule has 0 bridgehead atoms. The molecule has 2 N–H and O–H groups in total. The average Bonchev–Trinajstić information content (AvgIpc) is 2.87. The maximum absolute atomic E-state index is 11.7. The number of benzene rings is 1. The van der Waals surface area contributed by atoms with Crippen LogP contribution in [0.5, 0.6) is 5.88 Å². The van der Waals surface area contributed by atoms with Gasteiger partial charge in [-0.1, -0.05) is 12.1 Å². The van der Waals surface area contributed by atoms with Gasteiger partial charge >= 0.3 is 0 Å². The smallest absolute Gasteiger partial charge is 0.277 e. The van der Waals surface area contributed by atoms with Crippen molar-refractivity contribution in [3.63, 3.8) is 0 Å². The van der Waals surface area contributed by atoms with Crippen molar-refractivity contribution in [1.82, 2.24) is 24.2 Å². The van der Waals surface area contributed by atoms with E-state index in [9.17, 15) is 8.42 Å². The summed E-state index contributed by atoms with van der Waals surface area (Å²) in [5, 5.41) is 5.27. The number of pyridine rings is 1. The first-order valence-electron chi connectivity index (χ1n) is 11.5. The molecule has 12 heteroatoms. The number of nitrogens with two attached hydrogens (primary N) is 1. The van der Waals surface area contributed by atoms with Crippen molar-refractivity contribution in [1.29, 1.82) is 0 Å². The van der Waals surface area contributed by atoms with E-state index in [-0.39, 0.29) is 26.3 Å². The lowest BCUT2D eigenvalue weighted by Crippen LogP contribution is -2.49. The molecule has 2 fully saturated rings. The Morgan fingerprint density at radius 2 is 1.83 bits per heavy atom. The van der Waals surface area contributed by atoms with Crippen molar-refractivity contribution < 1.29 is 17.9 Å². The third kappa shape index (κ3) is 5.52. The van der Waals surface area contributed by atoms with E-state index in [4.69, 9.17) is 19.6 Å². The van der Waals surface area contributed by atoms with Crippen molar-refractivity contribution in [2.45, 2.75) is 6.10 Å². The highest BCUT2D eigenvalue weighted by atomic mass is 32.2. The first-order valence-corrected chi connectivity index (χ1v) is 13.0. The zero-order valence-electron chi connectivity index (χ0n) is 19.6. The number of hydrogen-bond acceptors (Lipinski definition) is 9. The second-order valence-electron chi connectivity index (χ2n) is 8.78. The van der Waals surface area contributed by atoms with Gasteiger partial charge in [0.2, 0.25) is 5.88 Å². The quantitative estimate of drug-likeness (QED) is 0.522. The molecule has 1 atom stereocenters. The predicted molar refractivity (Wildman–Crippen MR) is 132 cm³/mol. The van der Waals surface area contributed by atoms with Gasteiger partial charge in [-0.2, -0.15) is 12.7 Å². The highest BCUT2D eigenvalue weighted by molar-refractivity contribution is 7.86. The molecular formula is C23H29N7O4S. The van der Waals surface area contributed by atoms with Crippen LogP contribution in [0.15, 0.2) is 42.7 Å². The third-order valence-electron chi connectivity index (χ3n) is 6.32. The lowest BCUT2D eigenvalue weighted by molar-refractivity contribution is -0.0254. The summed E-state index contributed by atoms with van der Waals surface area (Å²) >= 11 is 0. The van der Waals surface area contributed by atoms with Crippen LogP contribution in [-0.2, 0) is 14.9 Å². The topological polar surface area (TPSA) is 127 Å². The van der Waals surface area contributed by atoms with Gasteiger partial charge in [0.1, 0.15) is 12.7 Å². The van der Waals surface area contributed by atoms with E-state index in [1.54, 1.807) is 12.4 Å². The van der Waals surface area contributed by atoms with Crippen molar-refractivity contribution in [3.05, 3.63) is 42.7 Å². The zero-order valence-corrected chi connectivity index (χ0v) is 20.4. The molecule has 2 aliphatic heterocycles. The van der Waals surface area contributed by atoms with Crippen LogP contribution in [0.3, 0.4) is 0 Å². The van der Waals surface area contributed by atoms with E-state index in [1.807, 2.05) is 6.07 Å². The monoisotopic (exact) mass is 499 g/mol. The summed E-state index contributed by atoms with van der Waals surface area (Å²) in [4.78, 5) is 18.3. The molecule has 2 saturated heterocycles. The molecule has 186 valence electrons. The van der Waals surface area contributed by atoms with Crippen molar-refractivity contribution >= 4 is 26.9 Å². The molecule has 0 spiro atoms. The molecule has 2 aromatic heterocycles. The summed E-state index contributed by atoms with van der Waals surface area (Å²) in [5.74, 6) is 0.324. The number of piperazine rings is 1. The van der Waals surface area contributed by atoms with E-state index < -0.39 is 16.3 Å². The van der Waals surface area contributed by atoms with Gasteiger partial charge in [0.05, 0.1) is 17.8 Å². The van der Waals surface area contributed by atoms with Crippen LogP contribution < -0.4 is 14.8 Å². The van der Waals surface area contributed by atoms with Crippen LogP contribution in [0.25, 0.3) is 22.3 Å². The number of nitrogens with zero attached hydrogens (tertiary/aromatic N) is 6. The zero-order chi connectivity index (χ0) is 24.4. The average molecular weight is 500 g/mol. The number of anilines is 1. The van der Waals surface area contributed by atoms with Gasteiger partial charge in [-0.3, -0.25) is 4.98 Å². The predicted octanol–water partition coefficient (Wildman–Crippen LogP) is 0.727. The van der Waals surface area contributed by atoms with Crippen LogP contribution in [0, 0.1) is 0 Å². The van der Waals surface area contributed by atoms with Gasteiger partial charge < -0.3 is 19.3 Å². The third-order valence-corrected chi connectivity index (χ3v) is 7.37. The molecule has 0 aliphatic carbocycles. The molecule has 0 radical (unpaired) electrons. The first kappa shape index (κ1) is 23.8. The van der Waals surface area contributed by atoms with Crippen LogP contribution in [0.1, 0.15) is 0 Å². The molecule has 3 aromatic rings. The Hall–Kier alpha value is -2.90. The Labute approximate surface area is 204 Å². The maximum Gasteiger partial charge on any atom is 0.277 e. The van der Waals surface area contributed by atoms with Gasteiger partial charge in [0, 0.05) is 62.9 Å². The number of morpholine rings is 1. The largest absolute Gasteiger partial charge is 0.473 e. The molecular weight excluding hydrogens is 470 g/mol. The fourth-order valence-corrected chi connectivity index (χ4v) is 5.00. The van der Waals surface area contributed by atoms with E-state index in [1.165, 1.54) is 9.99 Å². The highest BCUT2D eigenvalue weighted by Crippen LogP contribution is 2.29. The van der Waals surface area contributed by atoms with E-state index in [2.05, 4.69) is 51.1 Å². The highest BCUT2D eigenvalue weighted by Gasteiger charge is 2.28. The Balaban J connectivity index is 1.36. The van der Waals surface area contributed by atoms with E-state index in [0.717, 1.165) is 31.7 Å². The molecule has 35 heavy (non-hydrogen) atoms. The van der Waals surface area contributed by atoms with Crippen LogP contribution in [-0.4, -0.2) is 98.2 Å². The molecule has 0 amide bonds. The van der Waals surface area contributed by atoms with Gasteiger partial charge in [0.15, 0.2) is 5.52 Å². The second kappa shape index (κ2) is 9.99. The Kier molecular flexibility index (Phi) is 6.80. The number of aromatic nitrogens is 3. The molecule has 2 aliphatic rings. The molecule has 5 rings (SSSR count). The van der Waals surface area contributed by atoms with Crippen molar-refractivity contribution in [3.8, 4) is 17.1 Å². The van der Waals surface area contributed by atoms with E-state index >= 15 is 0 Å². The van der Waals surface area contributed by atoms with Gasteiger partial charge in [-0.15, -0.1) is 0 Å². The van der Waals surface area contributed by atoms with Gasteiger partial charge in [-0.05, 0) is 25.2 Å². The summed E-state index contributed by atoms with van der Waals surface area (Å²) in [6.07, 6.45) is 2.74. The summed E-state index contributed by atoms with van der Waals surface area (Å²) in [7, 11) is -1.64. The van der Waals surface area contributed by atoms with Crippen LogP contribution >= 0.6 is 0 Å². The minimum atomic E-state index is -3.78. The number of hydrogen-bond donors (Lipinski definition) is 1. The molecule has 0 saturated carbocycles. The fraction of sp³-hybridized carbons (Fsp3) is 0.435. The molecule has 1 aromatic carbocycles. The van der Waals surface area contributed by atoms with Crippen molar-refractivity contribution in [2.24, 2.45) is 5.14 Å². The molecule has 4 heterocycles. The Morgan fingerprint density at radius 1 is 1.09 bits per heavy atom. The Morgan fingerprint density at radius 3 is 2.57 bits per heavy atom. The summed E-state index contributed by atoms with van der Waals surface area (Å²) in [6, 6.07) is 10.2. The second-order valence-corrected chi connectivity index (χ2v) is 10.3. The van der Waals surface area contributed by atoms with E-state index in [0.29, 0.717) is 22.6 Å². The number of likely N-dealkylation sites (N-methyl/N-ethyl adjacent to an activating group) is 1. The lowest BCUT2D eigenvalue weighted by Gasteiger charge is -2.34. The van der Waals surface area contributed by atoms with Gasteiger partial charge in [-0.25, -0.2) is 15.1 Å². The minimum Gasteiger partial charge on any atom is -0.473 e. The summed E-state index contributed by atoms with van der Waals surface area (Å²) in [6.45, 7) is 4.81. The SMILES string of the molecule is CN1CCN(c2ccc(-c3cc4nccnc4c(OC[C@@H]4CN(S(N)(=O)=O)CCO4)n3)cc2)CC1. The normalized spacial score (nSPS) is 20.3. The summed E-state index contributed by atoms with van der Waals surface area (Å²) in [5.41, 5.74) is 4.03. The maximum atomic E-state index is 11.7. The number of ether oxygens (including phenoxy) is 2. The lowest BCUT2D eigenvalue weighted by atomic mass is 10.1. The minimum absolute atomic E-state index is 0.108. The summed E-state index contributed by atoms with van der Waals surface area (Å²) < 4.78 is 36.2. The van der Waals surface area contributed by atoms with Crippen LogP contribution in [0.2, 0.25) is 0 Å². The molecule has 11 nitrogen and oxygen atoms in total. The van der Waals surface area contributed by atoms with Gasteiger partial charge in [0.25, 0.3) is 10.2 Å². The molecule has 0 unspecified atom stereocenters. The standard InChI is InChI=1S/C23H29N7O4S/c1-28-8-10-29(11-9-28)18-4-2-17(3-5-18)20-14-21-22(26-7-6-25-21)23(27-20)34-16-19-15-30(12-13-33-19)35(24,31)32/h2-7,14,19H,8-13,15-16H2,1H3,(H2,24,31,32)/t19-/m0/s1. The number of rotatable bonds is 6. The first-order chi connectivity index (χ1) is 16.9. The fourth-order valence-electron chi connectivity index (χ4n) is 4.30. The van der Waals surface area contributed by atoms with Crippen molar-refractivity contribution in [2.75, 3.05) is 64.4 Å². The van der Waals surface area contributed by atoms with Crippen LogP contribution in [0.4, 0.5) is 5.69 Å². The Bertz CT molecular complexity index is 1280.